The number of thiazole rings is 1. The SMILES string of the molecule is Cc1ccc(S(C)(=O)=O)c(-c2cn3cc(CC(=O)O)sc3n2)c1. The van der Waals surface area contributed by atoms with Gasteiger partial charge in [0.25, 0.3) is 0 Å². The highest BCUT2D eigenvalue weighted by Gasteiger charge is 2.18. The van der Waals surface area contributed by atoms with Crippen LogP contribution in [0, 0.1) is 6.92 Å². The molecule has 1 N–H and O–H groups in total. The first-order chi connectivity index (χ1) is 10.7. The Bertz CT molecular complexity index is 984. The fraction of sp³-hybridized carbons (Fsp3) is 0.200. The Morgan fingerprint density at radius 2 is 2.09 bits per heavy atom. The van der Waals surface area contributed by atoms with Crippen molar-refractivity contribution in [2.24, 2.45) is 0 Å². The Labute approximate surface area is 137 Å². The number of benzene rings is 1. The molecule has 0 saturated carbocycles. The smallest absolute Gasteiger partial charge is 0.308 e. The number of aliphatic carboxylic acids is 1. The molecule has 3 aromatic rings. The zero-order valence-corrected chi connectivity index (χ0v) is 14.1. The molecule has 0 bridgehead atoms. The second kappa shape index (κ2) is 5.47. The summed E-state index contributed by atoms with van der Waals surface area (Å²) in [6.07, 6.45) is 4.55. The third-order valence-corrected chi connectivity index (χ3v) is 5.49. The number of carboxylic acids is 1. The summed E-state index contributed by atoms with van der Waals surface area (Å²) in [6.45, 7) is 1.89. The normalized spacial score (nSPS) is 11.9. The maximum Gasteiger partial charge on any atom is 0.308 e. The summed E-state index contributed by atoms with van der Waals surface area (Å²) in [4.78, 5) is 16.8. The van der Waals surface area contributed by atoms with E-state index in [0.29, 0.717) is 21.1 Å². The lowest BCUT2D eigenvalue weighted by molar-refractivity contribution is -0.136. The van der Waals surface area contributed by atoms with E-state index >= 15 is 0 Å². The van der Waals surface area contributed by atoms with Crippen LogP contribution in [-0.2, 0) is 21.1 Å². The maximum absolute atomic E-state index is 12.0. The molecular weight excluding hydrogens is 336 g/mol. The van der Waals surface area contributed by atoms with E-state index < -0.39 is 15.8 Å². The van der Waals surface area contributed by atoms with Gasteiger partial charge in [-0.25, -0.2) is 13.4 Å². The number of hydrogen-bond acceptors (Lipinski definition) is 5. The van der Waals surface area contributed by atoms with Crippen molar-refractivity contribution < 1.29 is 18.3 Å². The minimum Gasteiger partial charge on any atom is -0.481 e. The Kier molecular flexibility index (Phi) is 3.73. The number of imidazole rings is 1. The predicted molar refractivity (Wildman–Crippen MR) is 87.7 cm³/mol. The molecule has 0 aliphatic heterocycles. The van der Waals surface area contributed by atoms with Crippen LogP contribution >= 0.6 is 11.3 Å². The molecule has 0 amide bonds. The molecule has 3 rings (SSSR count). The molecule has 23 heavy (non-hydrogen) atoms. The molecule has 0 aliphatic rings. The topological polar surface area (TPSA) is 88.7 Å². The molecule has 0 radical (unpaired) electrons. The second-order valence-corrected chi connectivity index (χ2v) is 8.43. The lowest BCUT2D eigenvalue weighted by atomic mass is 10.1. The Hall–Kier alpha value is -2.19. The number of fused-ring (bicyclic) bond motifs is 1. The predicted octanol–water partition coefficient (Wildman–Crippen LogP) is 2.40. The Morgan fingerprint density at radius 3 is 2.70 bits per heavy atom. The van der Waals surface area contributed by atoms with E-state index in [0.717, 1.165) is 5.56 Å². The van der Waals surface area contributed by atoms with E-state index in [1.165, 1.54) is 17.6 Å². The first-order valence-corrected chi connectivity index (χ1v) is 9.45. The van der Waals surface area contributed by atoms with Crippen LogP contribution in [0.5, 0.6) is 0 Å². The number of rotatable bonds is 4. The molecule has 8 heteroatoms. The molecule has 120 valence electrons. The molecule has 0 saturated heterocycles. The van der Waals surface area contributed by atoms with Crippen molar-refractivity contribution in [3.05, 3.63) is 41.0 Å². The van der Waals surface area contributed by atoms with Gasteiger partial charge >= 0.3 is 5.97 Å². The van der Waals surface area contributed by atoms with E-state index in [4.69, 9.17) is 5.11 Å². The minimum atomic E-state index is -3.37. The Balaban J connectivity index is 2.12. The van der Waals surface area contributed by atoms with Gasteiger partial charge in [0.2, 0.25) is 0 Å². The number of aryl methyl sites for hydroxylation is 1. The van der Waals surface area contributed by atoms with Gasteiger partial charge in [-0.05, 0) is 19.1 Å². The van der Waals surface area contributed by atoms with Gasteiger partial charge < -0.3 is 5.11 Å². The van der Waals surface area contributed by atoms with E-state index in [-0.39, 0.29) is 11.3 Å². The first kappa shape index (κ1) is 15.7. The van der Waals surface area contributed by atoms with E-state index in [1.807, 2.05) is 6.92 Å². The van der Waals surface area contributed by atoms with Gasteiger partial charge in [-0.15, -0.1) is 11.3 Å². The van der Waals surface area contributed by atoms with Crippen molar-refractivity contribution >= 4 is 32.1 Å². The summed E-state index contributed by atoms with van der Waals surface area (Å²) < 4.78 is 25.7. The summed E-state index contributed by atoms with van der Waals surface area (Å²) in [7, 11) is -3.37. The van der Waals surface area contributed by atoms with Gasteiger partial charge in [0.1, 0.15) is 0 Å². The van der Waals surface area contributed by atoms with Crippen LogP contribution in [-0.4, -0.2) is 35.1 Å². The van der Waals surface area contributed by atoms with Gasteiger partial charge in [-0.3, -0.25) is 9.20 Å². The molecule has 6 nitrogen and oxygen atoms in total. The fourth-order valence-corrected chi connectivity index (χ4v) is 4.20. The van der Waals surface area contributed by atoms with Crippen molar-refractivity contribution in [3.8, 4) is 11.3 Å². The lowest BCUT2D eigenvalue weighted by Crippen LogP contribution is -2.00. The first-order valence-electron chi connectivity index (χ1n) is 6.74. The summed E-state index contributed by atoms with van der Waals surface area (Å²) in [5.41, 5.74) is 2.06. The average molecular weight is 350 g/mol. The van der Waals surface area contributed by atoms with Gasteiger partial charge in [0.05, 0.1) is 17.0 Å². The molecule has 2 heterocycles. The van der Waals surface area contributed by atoms with Crippen molar-refractivity contribution in [3.63, 3.8) is 0 Å². The molecule has 0 fully saturated rings. The van der Waals surface area contributed by atoms with Gasteiger partial charge in [-0.1, -0.05) is 11.6 Å². The number of aromatic nitrogens is 2. The molecule has 2 aromatic heterocycles. The molecule has 0 atom stereocenters. The van der Waals surface area contributed by atoms with Crippen molar-refractivity contribution in [1.82, 2.24) is 9.38 Å². The number of sulfone groups is 1. The monoisotopic (exact) mass is 350 g/mol. The summed E-state index contributed by atoms with van der Waals surface area (Å²) in [5, 5.41) is 8.83. The van der Waals surface area contributed by atoms with Crippen LogP contribution in [0.1, 0.15) is 10.4 Å². The molecule has 0 aliphatic carbocycles. The van der Waals surface area contributed by atoms with Crippen LogP contribution in [0.4, 0.5) is 0 Å². The minimum absolute atomic E-state index is 0.0532. The van der Waals surface area contributed by atoms with Crippen molar-refractivity contribution in [1.29, 1.82) is 0 Å². The average Bonchev–Trinajstić information content (AvgIpc) is 2.94. The molecule has 0 unspecified atom stereocenters. The quantitative estimate of drug-likeness (QED) is 0.780. The van der Waals surface area contributed by atoms with Gasteiger partial charge in [0, 0.05) is 29.1 Å². The van der Waals surface area contributed by atoms with Crippen LogP contribution in [0.2, 0.25) is 0 Å². The van der Waals surface area contributed by atoms with Crippen LogP contribution < -0.4 is 0 Å². The van der Waals surface area contributed by atoms with Gasteiger partial charge in [0.15, 0.2) is 14.8 Å². The van der Waals surface area contributed by atoms with Crippen LogP contribution in [0.25, 0.3) is 16.2 Å². The largest absolute Gasteiger partial charge is 0.481 e. The maximum atomic E-state index is 12.0. The zero-order chi connectivity index (χ0) is 16.8. The van der Waals surface area contributed by atoms with Gasteiger partial charge in [-0.2, -0.15) is 0 Å². The summed E-state index contributed by atoms with van der Waals surface area (Å²) >= 11 is 1.28. The van der Waals surface area contributed by atoms with Crippen molar-refractivity contribution in [2.45, 2.75) is 18.2 Å². The summed E-state index contributed by atoms with van der Waals surface area (Å²) in [6, 6.07) is 5.13. The lowest BCUT2D eigenvalue weighted by Gasteiger charge is -2.06. The number of carbonyl (C=O) groups is 1. The number of carboxylic acid groups (broad SMARTS) is 1. The third-order valence-electron chi connectivity index (χ3n) is 3.34. The fourth-order valence-electron chi connectivity index (χ4n) is 2.37. The number of nitrogens with zero attached hydrogens (tertiary/aromatic N) is 2. The van der Waals surface area contributed by atoms with Crippen LogP contribution in [0.15, 0.2) is 35.5 Å². The molecule has 1 aromatic carbocycles. The standard InChI is InChI=1S/C15H14N2O4S2/c1-9-3-4-13(23(2,20)21)11(5-9)12-8-17-7-10(6-14(18)19)22-15(17)16-12/h3-5,7-8H,6H2,1-2H3,(H,18,19). The van der Waals surface area contributed by atoms with Crippen LogP contribution in [0.3, 0.4) is 0 Å². The van der Waals surface area contributed by atoms with E-state index in [9.17, 15) is 13.2 Å². The highest BCUT2D eigenvalue weighted by atomic mass is 32.2. The summed E-state index contributed by atoms with van der Waals surface area (Å²) in [5.74, 6) is -0.896. The highest BCUT2D eigenvalue weighted by molar-refractivity contribution is 7.90. The highest BCUT2D eigenvalue weighted by Crippen LogP contribution is 2.30. The number of hydrogen-bond donors (Lipinski definition) is 1. The third kappa shape index (κ3) is 3.13. The zero-order valence-electron chi connectivity index (χ0n) is 12.5. The molecular formula is C15H14N2O4S2. The van der Waals surface area contributed by atoms with Crippen molar-refractivity contribution in [2.75, 3.05) is 6.26 Å². The van der Waals surface area contributed by atoms with E-state index in [1.54, 1.807) is 35.0 Å². The second-order valence-electron chi connectivity index (χ2n) is 5.36. The molecule has 0 spiro atoms. The van der Waals surface area contributed by atoms with E-state index in [2.05, 4.69) is 4.98 Å². The Morgan fingerprint density at radius 1 is 1.35 bits per heavy atom.